The Hall–Kier alpha value is -0.870. The largest absolute Gasteiger partial charge is 0.466 e. The fourth-order valence-corrected chi connectivity index (χ4v) is 1.97. The molecule has 1 aromatic rings. The summed E-state index contributed by atoms with van der Waals surface area (Å²) in [5.41, 5.74) is 0. The van der Waals surface area contributed by atoms with Crippen molar-refractivity contribution in [1.82, 2.24) is 0 Å². The summed E-state index contributed by atoms with van der Waals surface area (Å²) in [5.74, 6) is -0.356. The van der Waals surface area contributed by atoms with E-state index in [1.54, 1.807) is 6.92 Å². The maximum Gasteiger partial charge on any atom is 0.308 e. The zero-order chi connectivity index (χ0) is 10.6. The molecule has 1 heterocycles. The van der Waals surface area contributed by atoms with Crippen LogP contribution in [0.2, 0.25) is 0 Å². The van der Waals surface area contributed by atoms with Gasteiger partial charge in [0.2, 0.25) is 0 Å². The second kappa shape index (κ2) is 5.12. The molecule has 4 heteroatoms. The molecule has 0 aliphatic rings. The summed E-state index contributed by atoms with van der Waals surface area (Å²) in [6, 6.07) is 3.76. The Morgan fingerprint density at radius 3 is 2.86 bits per heavy atom. The average Bonchev–Trinajstić information content (AvgIpc) is 2.52. The lowest BCUT2D eigenvalue weighted by atomic mass is 10.2. The maximum atomic E-state index is 11.1. The average molecular weight is 214 g/mol. The number of aliphatic hydroxyl groups is 1. The second-order valence-corrected chi connectivity index (χ2v) is 4.29. The maximum absolute atomic E-state index is 11.1. The van der Waals surface area contributed by atoms with E-state index in [-0.39, 0.29) is 12.4 Å². The van der Waals surface area contributed by atoms with Crippen LogP contribution < -0.4 is 0 Å². The molecule has 1 aromatic heterocycles. The van der Waals surface area contributed by atoms with E-state index in [1.165, 1.54) is 11.3 Å². The molecular formula is C10H14O3S. The van der Waals surface area contributed by atoms with Gasteiger partial charge in [0.05, 0.1) is 19.1 Å². The highest BCUT2D eigenvalue weighted by atomic mass is 32.1. The predicted molar refractivity (Wildman–Crippen MR) is 55.3 cm³/mol. The Morgan fingerprint density at radius 2 is 2.36 bits per heavy atom. The lowest BCUT2D eigenvalue weighted by Gasteiger charge is -2.07. The highest BCUT2D eigenvalue weighted by Gasteiger charge is 2.14. The highest BCUT2D eigenvalue weighted by Crippen LogP contribution is 2.24. The predicted octanol–water partition coefficient (Wildman–Crippen LogP) is 2.04. The minimum Gasteiger partial charge on any atom is -0.466 e. The molecule has 0 amide bonds. The van der Waals surface area contributed by atoms with Crippen molar-refractivity contribution in [3.8, 4) is 0 Å². The number of esters is 1. The number of aliphatic hydroxyl groups excluding tert-OH is 1. The quantitative estimate of drug-likeness (QED) is 0.780. The molecule has 0 spiro atoms. The summed E-state index contributed by atoms with van der Waals surface area (Å²) in [6.45, 7) is 4.07. The third kappa shape index (κ3) is 3.12. The van der Waals surface area contributed by atoms with Crippen LogP contribution in [-0.2, 0) is 9.53 Å². The Morgan fingerprint density at radius 1 is 1.64 bits per heavy atom. The van der Waals surface area contributed by atoms with Crippen molar-refractivity contribution < 1.29 is 14.6 Å². The lowest BCUT2D eigenvalue weighted by Crippen LogP contribution is -2.09. The minimum absolute atomic E-state index is 0.0355. The Balaban J connectivity index is 2.50. The van der Waals surface area contributed by atoms with Crippen LogP contribution in [0.3, 0.4) is 0 Å². The molecule has 0 radical (unpaired) electrons. The van der Waals surface area contributed by atoms with Gasteiger partial charge in [0.1, 0.15) is 0 Å². The van der Waals surface area contributed by atoms with Crippen LogP contribution in [0, 0.1) is 6.92 Å². The molecule has 14 heavy (non-hydrogen) atoms. The van der Waals surface area contributed by atoms with Crippen molar-refractivity contribution in [3.05, 3.63) is 21.9 Å². The van der Waals surface area contributed by atoms with Crippen LogP contribution >= 0.6 is 11.3 Å². The van der Waals surface area contributed by atoms with Crippen molar-refractivity contribution in [2.45, 2.75) is 26.4 Å². The molecular weight excluding hydrogens is 200 g/mol. The van der Waals surface area contributed by atoms with E-state index in [0.717, 1.165) is 9.75 Å². The summed E-state index contributed by atoms with van der Waals surface area (Å²) in [6.07, 6.45) is -0.693. The normalized spacial score (nSPS) is 12.5. The van der Waals surface area contributed by atoms with Crippen molar-refractivity contribution in [1.29, 1.82) is 0 Å². The molecule has 1 rings (SSSR count). The van der Waals surface area contributed by atoms with E-state index in [1.807, 2.05) is 19.1 Å². The Kier molecular flexibility index (Phi) is 4.10. The number of hydrogen-bond donors (Lipinski definition) is 1. The molecule has 1 unspecified atom stereocenters. The molecule has 0 fully saturated rings. The van der Waals surface area contributed by atoms with Crippen LogP contribution in [-0.4, -0.2) is 17.7 Å². The third-order valence-electron chi connectivity index (χ3n) is 1.75. The van der Waals surface area contributed by atoms with Gasteiger partial charge in [-0.3, -0.25) is 4.79 Å². The number of hydrogen-bond acceptors (Lipinski definition) is 4. The first-order valence-electron chi connectivity index (χ1n) is 4.53. The smallest absolute Gasteiger partial charge is 0.308 e. The number of ether oxygens (including phenoxy) is 1. The first kappa shape index (κ1) is 11.2. The van der Waals surface area contributed by atoms with Gasteiger partial charge in [-0.1, -0.05) is 0 Å². The molecule has 0 aromatic carbocycles. The number of thiophene rings is 1. The van der Waals surface area contributed by atoms with Crippen LogP contribution in [0.15, 0.2) is 12.1 Å². The number of rotatable bonds is 4. The van der Waals surface area contributed by atoms with Gasteiger partial charge in [0, 0.05) is 9.75 Å². The fourth-order valence-electron chi connectivity index (χ4n) is 1.11. The van der Waals surface area contributed by atoms with E-state index >= 15 is 0 Å². The molecule has 3 nitrogen and oxygen atoms in total. The topological polar surface area (TPSA) is 46.5 Å². The monoisotopic (exact) mass is 214 g/mol. The zero-order valence-corrected chi connectivity index (χ0v) is 9.13. The highest BCUT2D eigenvalue weighted by molar-refractivity contribution is 7.12. The SMILES string of the molecule is CCOC(=O)CC(O)c1ccc(C)s1. The summed E-state index contributed by atoms with van der Waals surface area (Å²) >= 11 is 1.50. The summed E-state index contributed by atoms with van der Waals surface area (Å²) in [4.78, 5) is 13.0. The molecule has 0 aliphatic carbocycles. The first-order valence-corrected chi connectivity index (χ1v) is 5.35. The minimum atomic E-state index is -0.729. The number of carbonyl (C=O) groups excluding carboxylic acids is 1. The lowest BCUT2D eigenvalue weighted by molar-refractivity contribution is -0.145. The Labute approximate surface area is 87.3 Å². The molecule has 1 atom stereocenters. The van der Waals surface area contributed by atoms with Crippen LogP contribution in [0.25, 0.3) is 0 Å². The molecule has 0 saturated carbocycles. The van der Waals surface area contributed by atoms with Gasteiger partial charge in [-0.2, -0.15) is 0 Å². The van der Waals surface area contributed by atoms with Gasteiger partial charge in [-0.25, -0.2) is 0 Å². The summed E-state index contributed by atoms with van der Waals surface area (Å²) in [7, 11) is 0. The van der Waals surface area contributed by atoms with Gasteiger partial charge in [-0.15, -0.1) is 11.3 Å². The van der Waals surface area contributed by atoms with Gasteiger partial charge < -0.3 is 9.84 Å². The fraction of sp³-hybridized carbons (Fsp3) is 0.500. The molecule has 1 N–H and O–H groups in total. The van der Waals surface area contributed by atoms with Crippen molar-refractivity contribution in [3.63, 3.8) is 0 Å². The standard InChI is InChI=1S/C10H14O3S/c1-3-13-10(12)6-8(11)9-5-4-7(2)14-9/h4-5,8,11H,3,6H2,1-2H3. The number of aryl methyl sites for hydroxylation is 1. The van der Waals surface area contributed by atoms with Crippen molar-refractivity contribution >= 4 is 17.3 Å². The van der Waals surface area contributed by atoms with Crippen molar-refractivity contribution in [2.75, 3.05) is 6.61 Å². The first-order chi connectivity index (χ1) is 6.63. The molecule has 0 saturated heterocycles. The summed E-state index contributed by atoms with van der Waals surface area (Å²) in [5, 5.41) is 9.64. The molecule has 0 bridgehead atoms. The van der Waals surface area contributed by atoms with E-state index < -0.39 is 6.10 Å². The van der Waals surface area contributed by atoms with Gasteiger partial charge in [-0.05, 0) is 26.0 Å². The van der Waals surface area contributed by atoms with E-state index in [9.17, 15) is 9.90 Å². The van der Waals surface area contributed by atoms with Gasteiger partial charge >= 0.3 is 5.97 Å². The Bertz CT molecular complexity index is 306. The third-order valence-corrected chi connectivity index (χ3v) is 2.86. The molecule has 0 aliphatic heterocycles. The second-order valence-electron chi connectivity index (χ2n) is 2.97. The van der Waals surface area contributed by atoms with Crippen LogP contribution in [0.5, 0.6) is 0 Å². The van der Waals surface area contributed by atoms with Crippen LogP contribution in [0.4, 0.5) is 0 Å². The van der Waals surface area contributed by atoms with E-state index in [4.69, 9.17) is 4.74 Å². The van der Waals surface area contributed by atoms with Crippen LogP contribution in [0.1, 0.15) is 29.2 Å². The van der Waals surface area contributed by atoms with Gasteiger partial charge in [0.25, 0.3) is 0 Å². The number of carbonyl (C=O) groups is 1. The van der Waals surface area contributed by atoms with Gasteiger partial charge in [0.15, 0.2) is 0 Å². The zero-order valence-electron chi connectivity index (χ0n) is 8.32. The summed E-state index contributed by atoms with van der Waals surface area (Å²) < 4.78 is 4.75. The molecule has 78 valence electrons. The van der Waals surface area contributed by atoms with E-state index in [2.05, 4.69) is 0 Å². The van der Waals surface area contributed by atoms with Crippen molar-refractivity contribution in [2.24, 2.45) is 0 Å². The van der Waals surface area contributed by atoms with E-state index in [0.29, 0.717) is 6.61 Å².